The SMILES string of the molecule is CCOC(=O)Nc1ccc(Nc2ccc(N(CC)CC)cc2)nc1. The highest BCUT2D eigenvalue weighted by Crippen LogP contribution is 2.21. The zero-order valence-corrected chi connectivity index (χ0v) is 14.4. The van der Waals surface area contributed by atoms with E-state index in [9.17, 15) is 4.79 Å². The van der Waals surface area contributed by atoms with E-state index in [0.29, 0.717) is 18.1 Å². The average Bonchev–Trinajstić information content (AvgIpc) is 2.59. The van der Waals surface area contributed by atoms with Crippen molar-refractivity contribution in [2.75, 3.05) is 35.2 Å². The fraction of sp³-hybridized carbons (Fsp3) is 0.333. The van der Waals surface area contributed by atoms with Gasteiger partial charge in [0, 0.05) is 24.5 Å². The van der Waals surface area contributed by atoms with Gasteiger partial charge >= 0.3 is 6.09 Å². The highest BCUT2D eigenvalue weighted by atomic mass is 16.5. The van der Waals surface area contributed by atoms with Gasteiger partial charge < -0.3 is 15.0 Å². The first kappa shape index (κ1) is 17.6. The molecule has 0 spiro atoms. The normalized spacial score (nSPS) is 10.1. The van der Waals surface area contributed by atoms with E-state index in [-0.39, 0.29) is 0 Å². The van der Waals surface area contributed by atoms with E-state index in [4.69, 9.17) is 4.74 Å². The Hall–Kier alpha value is -2.76. The van der Waals surface area contributed by atoms with E-state index in [1.54, 1.807) is 25.3 Å². The first-order valence-electron chi connectivity index (χ1n) is 8.18. The van der Waals surface area contributed by atoms with Crippen LogP contribution in [0.2, 0.25) is 0 Å². The Morgan fingerprint density at radius 1 is 1.04 bits per heavy atom. The molecule has 0 saturated carbocycles. The molecule has 0 aliphatic rings. The Morgan fingerprint density at radius 2 is 1.71 bits per heavy atom. The molecule has 1 aromatic heterocycles. The molecule has 1 aromatic carbocycles. The summed E-state index contributed by atoms with van der Waals surface area (Å²) in [7, 11) is 0. The molecule has 0 atom stereocenters. The highest BCUT2D eigenvalue weighted by Gasteiger charge is 2.04. The van der Waals surface area contributed by atoms with Crippen LogP contribution in [0.3, 0.4) is 0 Å². The number of aromatic nitrogens is 1. The number of benzene rings is 1. The van der Waals surface area contributed by atoms with Crippen molar-refractivity contribution in [2.24, 2.45) is 0 Å². The lowest BCUT2D eigenvalue weighted by Crippen LogP contribution is -2.21. The summed E-state index contributed by atoms with van der Waals surface area (Å²) in [6.45, 7) is 8.36. The first-order valence-corrected chi connectivity index (χ1v) is 8.18. The molecule has 0 unspecified atom stereocenters. The zero-order valence-electron chi connectivity index (χ0n) is 14.4. The van der Waals surface area contributed by atoms with Crippen molar-refractivity contribution in [2.45, 2.75) is 20.8 Å². The van der Waals surface area contributed by atoms with Crippen LogP contribution in [-0.2, 0) is 4.74 Å². The summed E-state index contributed by atoms with van der Waals surface area (Å²) in [6, 6.07) is 11.8. The third kappa shape index (κ3) is 4.87. The number of rotatable bonds is 7. The quantitative estimate of drug-likeness (QED) is 0.796. The number of nitrogens with zero attached hydrogens (tertiary/aromatic N) is 2. The van der Waals surface area contributed by atoms with Gasteiger partial charge in [0.1, 0.15) is 5.82 Å². The summed E-state index contributed by atoms with van der Waals surface area (Å²) >= 11 is 0. The second-order valence-corrected chi connectivity index (χ2v) is 5.12. The predicted octanol–water partition coefficient (Wildman–Crippen LogP) is 4.24. The highest BCUT2D eigenvalue weighted by molar-refractivity contribution is 5.84. The number of ether oxygens (including phenoxy) is 1. The van der Waals surface area contributed by atoms with Gasteiger partial charge in [-0.25, -0.2) is 9.78 Å². The second-order valence-electron chi connectivity index (χ2n) is 5.12. The number of carbonyl (C=O) groups excluding carboxylic acids is 1. The molecule has 0 aliphatic heterocycles. The Morgan fingerprint density at radius 3 is 2.25 bits per heavy atom. The van der Waals surface area contributed by atoms with Gasteiger partial charge in [-0.15, -0.1) is 0 Å². The standard InChI is InChI=1S/C18H24N4O2/c1-4-22(5-2)16-10-7-14(8-11-16)20-17-12-9-15(13-19-17)21-18(23)24-6-3/h7-13H,4-6H2,1-3H3,(H,19,20)(H,21,23). The van der Waals surface area contributed by atoms with Crippen LogP contribution in [0.15, 0.2) is 42.6 Å². The van der Waals surface area contributed by atoms with E-state index in [0.717, 1.165) is 18.8 Å². The molecule has 1 amide bonds. The molecule has 2 aromatic rings. The van der Waals surface area contributed by atoms with Crippen molar-refractivity contribution < 1.29 is 9.53 Å². The van der Waals surface area contributed by atoms with E-state index >= 15 is 0 Å². The van der Waals surface area contributed by atoms with E-state index in [1.165, 1.54) is 5.69 Å². The third-order valence-corrected chi connectivity index (χ3v) is 3.55. The second kappa shape index (κ2) is 8.76. The Balaban J connectivity index is 1.97. The van der Waals surface area contributed by atoms with Crippen LogP contribution in [0.4, 0.5) is 27.7 Å². The van der Waals surface area contributed by atoms with Gasteiger partial charge in [-0.05, 0) is 57.2 Å². The molecule has 128 valence electrons. The number of hydrogen-bond acceptors (Lipinski definition) is 5. The minimum absolute atomic E-state index is 0.336. The number of nitrogens with one attached hydrogen (secondary N) is 2. The Kier molecular flexibility index (Phi) is 6.42. The third-order valence-electron chi connectivity index (χ3n) is 3.55. The Bertz CT molecular complexity index is 637. The van der Waals surface area contributed by atoms with Crippen LogP contribution >= 0.6 is 0 Å². The molecule has 1 heterocycles. The summed E-state index contributed by atoms with van der Waals surface area (Å²) in [5.74, 6) is 0.708. The van der Waals surface area contributed by atoms with Crippen LogP contribution in [-0.4, -0.2) is 30.8 Å². The van der Waals surface area contributed by atoms with Crippen LogP contribution in [0.25, 0.3) is 0 Å². The molecule has 0 fully saturated rings. The van der Waals surface area contributed by atoms with Crippen molar-refractivity contribution in [3.8, 4) is 0 Å². The molecule has 0 saturated heterocycles. The Labute approximate surface area is 142 Å². The average molecular weight is 328 g/mol. The monoisotopic (exact) mass is 328 g/mol. The van der Waals surface area contributed by atoms with Crippen LogP contribution in [0, 0.1) is 0 Å². The number of pyridine rings is 1. The van der Waals surface area contributed by atoms with Gasteiger partial charge in [-0.3, -0.25) is 5.32 Å². The van der Waals surface area contributed by atoms with Gasteiger partial charge in [-0.1, -0.05) is 0 Å². The van der Waals surface area contributed by atoms with Crippen molar-refractivity contribution >= 4 is 29.0 Å². The maximum absolute atomic E-state index is 11.3. The summed E-state index contributed by atoms with van der Waals surface area (Å²) in [5.41, 5.74) is 2.76. The smallest absolute Gasteiger partial charge is 0.411 e. The molecule has 6 nitrogen and oxygen atoms in total. The molecule has 24 heavy (non-hydrogen) atoms. The lowest BCUT2D eigenvalue weighted by atomic mass is 10.2. The van der Waals surface area contributed by atoms with Crippen molar-refractivity contribution in [3.05, 3.63) is 42.6 Å². The van der Waals surface area contributed by atoms with E-state index < -0.39 is 6.09 Å². The molecular formula is C18H24N4O2. The lowest BCUT2D eigenvalue weighted by Gasteiger charge is -2.21. The van der Waals surface area contributed by atoms with Crippen LogP contribution in [0.5, 0.6) is 0 Å². The molecule has 2 N–H and O–H groups in total. The van der Waals surface area contributed by atoms with Gasteiger partial charge in [-0.2, -0.15) is 0 Å². The largest absolute Gasteiger partial charge is 0.450 e. The zero-order chi connectivity index (χ0) is 17.4. The summed E-state index contributed by atoms with van der Waals surface area (Å²) in [4.78, 5) is 17.9. The van der Waals surface area contributed by atoms with Crippen molar-refractivity contribution in [1.29, 1.82) is 0 Å². The van der Waals surface area contributed by atoms with Gasteiger partial charge in [0.2, 0.25) is 0 Å². The van der Waals surface area contributed by atoms with Crippen molar-refractivity contribution in [1.82, 2.24) is 4.98 Å². The van der Waals surface area contributed by atoms with Gasteiger partial charge in [0.15, 0.2) is 0 Å². The fourth-order valence-electron chi connectivity index (χ4n) is 2.32. The maximum Gasteiger partial charge on any atom is 0.411 e. The molecule has 0 bridgehead atoms. The number of carbonyl (C=O) groups is 1. The van der Waals surface area contributed by atoms with Gasteiger partial charge in [0.05, 0.1) is 18.5 Å². The van der Waals surface area contributed by atoms with E-state index in [2.05, 4.69) is 46.5 Å². The first-order chi connectivity index (χ1) is 11.7. The summed E-state index contributed by atoms with van der Waals surface area (Å²) in [5, 5.41) is 5.85. The minimum atomic E-state index is -0.480. The fourth-order valence-corrected chi connectivity index (χ4v) is 2.32. The minimum Gasteiger partial charge on any atom is -0.450 e. The number of amides is 1. The number of hydrogen-bond donors (Lipinski definition) is 2. The predicted molar refractivity (Wildman–Crippen MR) is 98.2 cm³/mol. The van der Waals surface area contributed by atoms with Crippen molar-refractivity contribution in [3.63, 3.8) is 0 Å². The molecule has 2 rings (SSSR count). The van der Waals surface area contributed by atoms with Crippen LogP contribution < -0.4 is 15.5 Å². The van der Waals surface area contributed by atoms with Crippen LogP contribution in [0.1, 0.15) is 20.8 Å². The summed E-state index contributed by atoms with van der Waals surface area (Å²) in [6.07, 6.45) is 1.11. The summed E-state index contributed by atoms with van der Waals surface area (Å²) < 4.78 is 4.82. The lowest BCUT2D eigenvalue weighted by molar-refractivity contribution is 0.168. The molecule has 0 aliphatic carbocycles. The molecule has 6 heteroatoms. The number of anilines is 4. The molecule has 0 radical (unpaired) electrons. The maximum atomic E-state index is 11.3. The molecular weight excluding hydrogens is 304 g/mol. The topological polar surface area (TPSA) is 66.5 Å². The van der Waals surface area contributed by atoms with Gasteiger partial charge in [0.25, 0.3) is 0 Å². The van der Waals surface area contributed by atoms with E-state index in [1.807, 2.05) is 12.1 Å².